The fraction of sp³-hybridized carbons (Fsp3) is 0.368. The van der Waals surface area contributed by atoms with Crippen LogP contribution in [0.5, 0.6) is 11.5 Å². The van der Waals surface area contributed by atoms with Crippen molar-refractivity contribution in [2.75, 3.05) is 35.0 Å². The molecule has 0 unspecified atom stereocenters. The normalized spacial score (nSPS) is 17.8. The Morgan fingerprint density at radius 1 is 0.962 bits per heavy atom. The number of methoxy groups -OCH3 is 4. The zero-order valence-corrected chi connectivity index (χ0v) is 15.2. The lowest BCUT2D eigenvalue weighted by Crippen LogP contribution is -2.45. The summed E-state index contributed by atoms with van der Waals surface area (Å²) in [6.07, 6.45) is 4.26. The van der Waals surface area contributed by atoms with E-state index in [4.69, 9.17) is 18.9 Å². The van der Waals surface area contributed by atoms with Crippen molar-refractivity contribution in [1.82, 2.24) is 4.90 Å². The maximum Gasteiger partial charge on any atom is 0.261 e. The van der Waals surface area contributed by atoms with E-state index in [-0.39, 0.29) is 17.3 Å². The largest absolute Gasteiger partial charge is 0.493 e. The van der Waals surface area contributed by atoms with Gasteiger partial charge in [0, 0.05) is 13.1 Å². The number of amides is 1. The maximum absolute atomic E-state index is 12.4. The molecule has 7 heteroatoms. The van der Waals surface area contributed by atoms with Gasteiger partial charge in [0.2, 0.25) is 6.41 Å². The molecular formula is C19H21NO6. The molecule has 26 heavy (non-hydrogen) atoms. The first-order valence-electron chi connectivity index (χ1n) is 8.05. The van der Waals surface area contributed by atoms with Gasteiger partial charge >= 0.3 is 0 Å². The second-order valence-corrected chi connectivity index (χ2v) is 6.17. The zero-order chi connectivity index (χ0) is 18.9. The monoisotopic (exact) mass is 359 g/mol. The third-order valence-electron chi connectivity index (χ3n) is 4.76. The van der Waals surface area contributed by atoms with E-state index in [9.17, 15) is 9.59 Å². The second kappa shape index (κ2) is 6.74. The number of benzene rings is 1. The van der Waals surface area contributed by atoms with E-state index in [0.29, 0.717) is 24.6 Å². The van der Waals surface area contributed by atoms with Crippen LogP contribution in [0.1, 0.15) is 11.1 Å². The van der Waals surface area contributed by atoms with E-state index >= 15 is 0 Å². The van der Waals surface area contributed by atoms with Gasteiger partial charge in [0.05, 0.1) is 33.9 Å². The van der Waals surface area contributed by atoms with Crippen LogP contribution in [-0.4, -0.2) is 52.1 Å². The van der Waals surface area contributed by atoms with Crippen LogP contribution in [0.15, 0.2) is 35.8 Å². The Hall–Kier alpha value is -2.96. The van der Waals surface area contributed by atoms with Crippen LogP contribution >= 0.6 is 0 Å². The van der Waals surface area contributed by atoms with Crippen molar-refractivity contribution in [3.8, 4) is 11.5 Å². The van der Waals surface area contributed by atoms with Crippen molar-refractivity contribution in [1.29, 1.82) is 0 Å². The SMILES string of the molecule is COC1=CC2(C=C(OC)C1=O)CN(C=O)Cc1cc(OC)c(OC)cc12. The first-order valence-corrected chi connectivity index (χ1v) is 8.05. The van der Waals surface area contributed by atoms with Gasteiger partial charge < -0.3 is 23.8 Å². The van der Waals surface area contributed by atoms with Gasteiger partial charge in [-0.25, -0.2) is 0 Å². The Labute approximate surface area is 151 Å². The number of hydrogen-bond donors (Lipinski definition) is 0. The maximum atomic E-state index is 12.4. The van der Waals surface area contributed by atoms with Crippen LogP contribution in [0.4, 0.5) is 0 Å². The topological polar surface area (TPSA) is 74.3 Å². The fourth-order valence-corrected chi connectivity index (χ4v) is 3.57. The van der Waals surface area contributed by atoms with Gasteiger partial charge in [0.25, 0.3) is 5.78 Å². The summed E-state index contributed by atoms with van der Waals surface area (Å²) in [5.74, 6) is 1.18. The van der Waals surface area contributed by atoms with Crippen LogP contribution in [0.25, 0.3) is 0 Å². The molecule has 0 fully saturated rings. The molecule has 1 amide bonds. The van der Waals surface area contributed by atoms with E-state index < -0.39 is 5.41 Å². The van der Waals surface area contributed by atoms with Gasteiger partial charge in [0.1, 0.15) is 0 Å². The molecule has 1 aromatic rings. The first-order chi connectivity index (χ1) is 12.5. The summed E-state index contributed by atoms with van der Waals surface area (Å²) in [5.41, 5.74) is 1.04. The zero-order valence-electron chi connectivity index (χ0n) is 15.2. The fourth-order valence-electron chi connectivity index (χ4n) is 3.57. The Morgan fingerprint density at radius 2 is 1.54 bits per heavy atom. The van der Waals surface area contributed by atoms with Crippen molar-refractivity contribution in [3.63, 3.8) is 0 Å². The van der Waals surface area contributed by atoms with E-state index in [0.717, 1.165) is 17.5 Å². The lowest BCUT2D eigenvalue weighted by atomic mass is 9.72. The molecule has 0 aromatic heterocycles. The Morgan fingerprint density at radius 3 is 2.04 bits per heavy atom. The smallest absolute Gasteiger partial charge is 0.261 e. The average molecular weight is 359 g/mol. The molecule has 1 heterocycles. The van der Waals surface area contributed by atoms with E-state index in [1.54, 1.807) is 31.3 Å². The first kappa shape index (κ1) is 17.8. The second-order valence-electron chi connectivity index (χ2n) is 6.17. The number of rotatable bonds is 5. The minimum absolute atomic E-state index is 0.179. The van der Waals surface area contributed by atoms with Crippen molar-refractivity contribution < 1.29 is 28.5 Å². The number of ketones is 1. The molecule has 1 aliphatic heterocycles. The van der Waals surface area contributed by atoms with Crippen molar-refractivity contribution in [2.45, 2.75) is 12.0 Å². The number of hydrogen-bond acceptors (Lipinski definition) is 6. The Bertz CT molecular complexity index is 786. The van der Waals surface area contributed by atoms with Crippen LogP contribution in [0, 0.1) is 0 Å². The minimum Gasteiger partial charge on any atom is -0.493 e. The molecule has 7 nitrogen and oxygen atoms in total. The Balaban J connectivity index is 2.28. The molecule has 1 spiro atoms. The quantitative estimate of drug-likeness (QED) is 0.743. The predicted molar refractivity (Wildman–Crippen MR) is 92.9 cm³/mol. The average Bonchev–Trinajstić information content (AvgIpc) is 2.68. The number of fused-ring (bicyclic) bond motifs is 2. The summed E-state index contributed by atoms with van der Waals surface area (Å²) in [6, 6.07) is 3.72. The summed E-state index contributed by atoms with van der Waals surface area (Å²) >= 11 is 0. The minimum atomic E-state index is -0.765. The molecule has 0 bridgehead atoms. The Kier molecular flexibility index (Phi) is 4.63. The summed E-state index contributed by atoms with van der Waals surface area (Å²) in [7, 11) is 6.00. The number of carbonyl (C=O) groups excluding carboxylic acids is 2. The van der Waals surface area contributed by atoms with E-state index in [1.807, 2.05) is 12.1 Å². The van der Waals surface area contributed by atoms with Crippen LogP contribution < -0.4 is 9.47 Å². The summed E-state index contributed by atoms with van der Waals surface area (Å²) in [4.78, 5) is 25.6. The van der Waals surface area contributed by atoms with Gasteiger partial charge in [0.15, 0.2) is 23.0 Å². The van der Waals surface area contributed by atoms with Gasteiger partial charge in [-0.2, -0.15) is 0 Å². The molecule has 1 aromatic carbocycles. The standard InChI is InChI=1S/C19H21NO6/c1-23-14-5-12-9-20(11-21)10-19(13(12)6-15(14)24-2)7-16(25-3)18(22)17(8-19)26-4/h5-8,11H,9-10H2,1-4H3. The predicted octanol–water partition coefficient (Wildman–Crippen LogP) is 1.56. The van der Waals surface area contributed by atoms with Crippen LogP contribution in [0.3, 0.4) is 0 Å². The lowest BCUT2D eigenvalue weighted by Gasteiger charge is -2.41. The van der Waals surface area contributed by atoms with Gasteiger partial charge in [-0.15, -0.1) is 0 Å². The molecule has 0 saturated carbocycles. The van der Waals surface area contributed by atoms with Crippen molar-refractivity contribution in [3.05, 3.63) is 46.9 Å². The molecule has 0 N–H and O–H groups in total. The highest BCUT2D eigenvalue weighted by atomic mass is 16.5. The molecule has 0 saturated heterocycles. The number of nitrogens with zero attached hydrogens (tertiary/aromatic N) is 1. The van der Waals surface area contributed by atoms with E-state index in [2.05, 4.69) is 0 Å². The summed E-state index contributed by atoms with van der Waals surface area (Å²) in [5, 5.41) is 0. The van der Waals surface area contributed by atoms with Gasteiger partial charge in [-0.3, -0.25) is 9.59 Å². The van der Waals surface area contributed by atoms with Crippen molar-refractivity contribution in [2.24, 2.45) is 0 Å². The lowest BCUT2D eigenvalue weighted by molar-refractivity contribution is -0.119. The summed E-state index contributed by atoms with van der Waals surface area (Å²) < 4.78 is 21.4. The highest BCUT2D eigenvalue weighted by Crippen LogP contribution is 2.44. The molecule has 138 valence electrons. The molecular weight excluding hydrogens is 338 g/mol. The van der Waals surface area contributed by atoms with Gasteiger partial charge in [-0.1, -0.05) is 0 Å². The summed E-state index contributed by atoms with van der Waals surface area (Å²) in [6.45, 7) is 0.785. The van der Waals surface area contributed by atoms with Crippen LogP contribution in [-0.2, 0) is 31.0 Å². The number of Topliss-reactive ketones (excluding diaryl/α,β-unsaturated/α-hetero) is 1. The van der Waals surface area contributed by atoms with Gasteiger partial charge in [-0.05, 0) is 35.4 Å². The number of ether oxygens (including phenoxy) is 4. The molecule has 3 rings (SSSR count). The highest BCUT2D eigenvalue weighted by Gasteiger charge is 2.43. The molecule has 2 aliphatic rings. The molecule has 0 atom stereocenters. The molecule has 0 radical (unpaired) electrons. The number of carbonyl (C=O) groups is 2. The third kappa shape index (κ3) is 2.69. The highest BCUT2D eigenvalue weighted by molar-refractivity contribution is 6.07. The third-order valence-corrected chi connectivity index (χ3v) is 4.76. The van der Waals surface area contributed by atoms with E-state index in [1.165, 1.54) is 14.2 Å². The molecule has 1 aliphatic carbocycles. The van der Waals surface area contributed by atoms with Crippen molar-refractivity contribution >= 4 is 12.2 Å². The van der Waals surface area contributed by atoms with Crippen LogP contribution in [0.2, 0.25) is 0 Å².